The van der Waals surface area contributed by atoms with E-state index < -0.39 is 0 Å². The molecule has 0 aromatic rings. The number of hydrogen-bond donors (Lipinski definition) is 0. The molecule has 0 aromatic carbocycles. The normalized spacial score (nSPS) is 14.3. The maximum Gasteiger partial charge on any atom is 0.305 e. The van der Waals surface area contributed by atoms with Crippen LogP contribution in [0, 0.1) is 17.8 Å². The number of unbranched alkanes of at least 4 members (excludes halogenated alkanes) is 25. The molecule has 7 nitrogen and oxygen atoms in total. The summed E-state index contributed by atoms with van der Waals surface area (Å²) in [6.07, 6.45) is 52.3. The van der Waals surface area contributed by atoms with Gasteiger partial charge in [0.2, 0.25) is 5.91 Å². The minimum absolute atomic E-state index is 0.00454. The molecule has 7 heteroatoms. The third-order valence-electron chi connectivity index (χ3n) is 15.7. The second-order valence-electron chi connectivity index (χ2n) is 22.6. The Kier molecular flexibility index (Phi) is 48.5. The largest absolute Gasteiger partial charge is 0.465 e. The van der Waals surface area contributed by atoms with E-state index in [9.17, 15) is 14.4 Å². The van der Waals surface area contributed by atoms with Crippen molar-refractivity contribution < 1.29 is 23.9 Å². The van der Waals surface area contributed by atoms with Crippen LogP contribution < -0.4 is 0 Å². The van der Waals surface area contributed by atoms with Crippen molar-refractivity contribution in [1.29, 1.82) is 0 Å². The minimum atomic E-state index is 0.00454. The smallest absolute Gasteiger partial charge is 0.305 e. The lowest BCUT2D eigenvalue weighted by Gasteiger charge is -2.29. The van der Waals surface area contributed by atoms with Crippen LogP contribution in [0.3, 0.4) is 0 Å². The van der Waals surface area contributed by atoms with Crippen LogP contribution in [0.1, 0.15) is 317 Å². The number of esters is 1. The molecule has 1 saturated heterocycles. The van der Waals surface area contributed by atoms with E-state index in [0.29, 0.717) is 56.1 Å². The van der Waals surface area contributed by atoms with E-state index in [2.05, 4.69) is 44.4 Å². The number of ether oxygens (including phenoxy) is 2. The van der Waals surface area contributed by atoms with Gasteiger partial charge in [-0.05, 0) is 114 Å². The van der Waals surface area contributed by atoms with Crippen LogP contribution in [0.25, 0.3) is 0 Å². The van der Waals surface area contributed by atoms with Crippen LogP contribution in [0.5, 0.6) is 0 Å². The van der Waals surface area contributed by atoms with Crippen molar-refractivity contribution in [3.05, 3.63) is 0 Å². The number of rotatable bonds is 55. The lowest BCUT2D eigenvalue weighted by Crippen LogP contribution is -2.37. The number of ketones is 1. The van der Waals surface area contributed by atoms with Crippen molar-refractivity contribution in [2.75, 3.05) is 52.5 Å². The van der Waals surface area contributed by atoms with Crippen LogP contribution in [0.4, 0.5) is 0 Å². The monoisotopic (exact) mass is 987 g/mol. The first-order valence-electron chi connectivity index (χ1n) is 31.6. The van der Waals surface area contributed by atoms with Crippen molar-refractivity contribution in [3.8, 4) is 0 Å². The number of hydrogen-bond acceptors (Lipinski definition) is 6. The molecule has 1 fully saturated rings. The highest BCUT2D eigenvalue weighted by molar-refractivity contribution is 5.79. The highest BCUT2D eigenvalue weighted by Crippen LogP contribution is 2.24. The van der Waals surface area contributed by atoms with Crippen molar-refractivity contribution in [2.24, 2.45) is 17.8 Å². The van der Waals surface area contributed by atoms with Gasteiger partial charge in [-0.1, -0.05) is 221 Å². The Morgan fingerprint density at radius 3 is 1.34 bits per heavy atom. The number of amides is 1. The molecule has 3 atom stereocenters. The molecule has 70 heavy (non-hydrogen) atoms. The zero-order chi connectivity index (χ0) is 50.8. The summed E-state index contributed by atoms with van der Waals surface area (Å²) in [6.45, 7) is 18.4. The third-order valence-corrected chi connectivity index (χ3v) is 15.7. The van der Waals surface area contributed by atoms with Gasteiger partial charge in [0.05, 0.1) is 6.61 Å². The Morgan fingerprint density at radius 2 is 0.829 bits per heavy atom. The van der Waals surface area contributed by atoms with Gasteiger partial charge in [-0.2, -0.15) is 0 Å². The summed E-state index contributed by atoms with van der Waals surface area (Å²) in [4.78, 5) is 44.2. The predicted octanol–water partition coefficient (Wildman–Crippen LogP) is 18.4. The van der Waals surface area contributed by atoms with E-state index >= 15 is 0 Å². The van der Waals surface area contributed by atoms with E-state index in [-0.39, 0.29) is 11.8 Å². The summed E-state index contributed by atoms with van der Waals surface area (Å²) in [6, 6.07) is 0. The van der Waals surface area contributed by atoms with Crippen LogP contribution >= 0.6 is 0 Å². The maximum absolute atomic E-state index is 13.9. The average Bonchev–Trinajstić information content (AvgIpc) is 3.89. The predicted molar refractivity (Wildman–Crippen MR) is 302 cm³/mol. The first-order chi connectivity index (χ1) is 34.4. The molecule has 1 aliphatic heterocycles. The molecular formula is C63H122N2O5. The highest BCUT2D eigenvalue weighted by atomic mass is 16.5. The second-order valence-corrected chi connectivity index (χ2v) is 22.6. The van der Waals surface area contributed by atoms with Gasteiger partial charge in [-0.25, -0.2) is 0 Å². The molecule has 414 valence electrons. The molecule has 0 aromatic heterocycles. The Hall–Kier alpha value is -1.47. The highest BCUT2D eigenvalue weighted by Gasteiger charge is 2.20. The number of nitrogens with zero attached hydrogens (tertiary/aromatic N) is 2. The molecule has 0 aliphatic carbocycles. The summed E-state index contributed by atoms with van der Waals surface area (Å²) >= 11 is 0. The van der Waals surface area contributed by atoms with Gasteiger partial charge in [0.25, 0.3) is 0 Å². The minimum Gasteiger partial charge on any atom is -0.465 e. The maximum atomic E-state index is 13.9. The van der Waals surface area contributed by atoms with Gasteiger partial charge in [0.15, 0.2) is 5.78 Å². The fourth-order valence-electron chi connectivity index (χ4n) is 10.9. The third kappa shape index (κ3) is 41.9. The van der Waals surface area contributed by atoms with Crippen molar-refractivity contribution in [1.82, 2.24) is 9.80 Å². The summed E-state index contributed by atoms with van der Waals surface area (Å²) < 4.78 is 11.8. The summed E-state index contributed by atoms with van der Waals surface area (Å²) in [7, 11) is 0. The van der Waals surface area contributed by atoms with Crippen molar-refractivity contribution in [2.45, 2.75) is 317 Å². The first kappa shape index (κ1) is 66.5. The molecular weight excluding hydrogens is 865 g/mol. The number of Topliss-reactive ketones (excluding diaryl/α,β-unsaturated/α-hetero) is 1. The first-order valence-corrected chi connectivity index (χ1v) is 31.6. The van der Waals surface area contributed by atoms with E-state index in [0.717, 1.165) is 64.8 Å². The topological polar surface area (TPSA) is 76.2 Å². The fraction of sp³-hybridized carbons (Fsp3) is 0.952. The van der Waals surface area contributed by atoms with Crippen LogP contribution in [-0.2, 0) is 23.9 Å². The van der Waals surface area contributed by atoms with Crippen LogP contribution in [-0.4, -0.2) is 80.0 Å². The van der Waals surface area contributed by atoms with E-state index in [1.807, 2.05) is 0 Å². The molecule has 0 N–H and O–H groups in total. The van der Waals surface area contributed by atoms with Gasteiger partial charge >= 0.3 is 5.97 Å². The molecule has 1 amide bonds. The van der Waals surface area contributed by atoms with Gasteiger partial charge < -0.3 is 19.3 Å². The van der Waals surface area contributed by atoms with E-state index in [1.165, 1.54) is 238 Å². The van der Waals surface area contributed by atoms with Gasteiger partial charge in [-0.3, -0.25) is 14.4 Å². The molecule has 0 saturated carbocycles. The zero-order valence-corrected chi connectivity index (χ0v) is 47.9. The van der Waals surface area contributed by atoms with Gasteiger partial charge in [-0.15, -0.1) is 0 Å². The summed E-state index contributed by atoms with van der Waals surface area (Å²) in [5, 5.41) is 0. The number of carbonyl (C=O) groups is 3. The number of carbonyl (C=O) groups excluding carboxylic acids is 3. The summed E-state index contributed by atoms with van der Waals surface area (Å²) in [5.41, 5.74) is 0. The Balaban J connectivity index is 2.60. The van der Waals surface area contributed by atoms with Gasteiger partial charge in [0, 0.05) is 39.0 Å². The van der Waals surface area contributed by atoms with Crippen molar-refractivity contribution >= 4 is 17.7 Å². The molecule has 1 heterocycles. The van der Waals surface area contributed by atoms with Crippen molar-refractivity contribution in [3.63, 3.8) is 0 Å². The molecule has 1 rings (SSSR count). The second kappa shape index (κ2) is 51.0. The molecule has 0 bridgehead atoms. The van der Waals surface area contributed by atoms with Gasteiger partial charge in [0.1, 0.15) is 6.61 Å². The summed E-state index contributed by atoms with van der Waals surface area (Å²) in [5.74, 6) is 2.38. The SMILES string of the molecule is CCCCCCCCCC(=O)N(CCCN1CCCC1)CC(CCCCCCCCC(=O)COCC(CCCC)CCCCCCC)CCCCCCCCC(=O)OCC(CCCC)CCCCCC. The quantitative estimate of drug-likeness (QED) is 0.0446. The lowest BCUT2D eigenvalue weighted by atomic mass is 9.93. The molecule has 0 radical (unpaired) electrons. The van der Waals surface area contributed by atoms with Crippen LogP contribution in [0.15, 0.2) is 0 Å². The zero-order valence-electron chi connectivity index (χ0n) is 47.9. The van der Waals surface area contributed by atoms with E-state index in [1.54, 1.807) is 0 Å². The molecule has 0 spiro atoms. The standard InChI is InChI=1S/C63H122N2O5/c1-6-11-16-19-20-29-36-48-62(67)65(53-40-52-64-50-38-39-51-64)54-58(44-33-27-22-24-30-37-49-63(68)70-56-60(42-15-10-5)46-31-18-13-8-3)43-32-26-21-23-28-35-47-61(66)57-69-55-59(41-14-9-4)45-34-25-17-12-7-2/h58-60H,6-57H2,1-5H3. The number of likely N-dealkylation sites (tertiary alicyclic amines) is 1. The van der Waals surface area contributed by atoms with E-state index in [4.69, 9.17) is 9.47 Å². The Bertz CT molecular complexity index is 1140. The molecule has 1 aliphatic rings. The lowest BCUT2D eigenvalue weighted by molar-refractivity contribution is -0.145. The van der Waals surface area contributed by atoms with Crippen LogP contribution in [0.2, 0.25) is 0 Å². The Morgan fingerprint density at radius 1 is 0.429 bits per heavy atom. The molecule has 3 unspecified atom stereocenters. The Labute approximate surface area is 437 Å². The fourth-order valence-corrected chi connectivity index (χ4v) is 10.9. The average molecular weight is 988 g/mol.